The molecule has 3 aromatic rings. The van der Waals surface area contributed by atoms with E-state index in [2.05, 4.69) is 54.0 Å². The van der Waals surface area contributed by atoms with Gasteiger partial charge in [0.2, 0.25) is 0 Å². The van der Waals surface area contributed by atoms with Crippen molar-refractivity contribution in [3.63, 3.8) is 0 Å². The Bertz CT molecular complexity index is 717. The molecule has 0 spiro atoms. The maximum atomic E-state index is 5.22. The quantitative estimate of drug-likeness (QED) is 0.674. The maximum Gasteiger partial charge on any atom is 0.118 e. The van der Waals surface area contributed by atoms with E-state index in [1.165, 1.54) is 21.3 Å². The third kappa shape index (κ3) is 3.03. The van der Waals surface area contributed by atoms with Gasteiger partial charge in [0.25, 0.3) is 0 Å². The van der Waals surface area contributed by atoms with E-state index < -0.39 is 0 Å². The number of fused-ring (bicyclic) bond motifs is 1. The number of ether oxygens (including phenoxy) is 1. The van der Waals surface area contributed by atoms with Gasteiger partial charge in [-0.2, -0.15) is 0 Å². The van der Waals surface area contributed by atoms with Gasteiger partial charge in [-0.15, -0.1) is 11.3 Å². The van der Waals surface area contributed by atoms with Gasteiger partial charge >= 0.3 is 0 Å². The Kier molecular flexibility index (Phi) is 4.11. The van der Waals surface area contributed by atoms with E-state index in [9.17, 15) is 0 Å². The molecule has 0 fully saturated rings. The van der Waals surface area contributed by atoms with Crippen LogP contribution in [0.1, 0.15) is 24.9 Å². The average molecular weight is 297 g/mol. The predicted octanol–water partition coefficient (Wildman–Crippen LogP) is 5.47. The van der Waals surface area contributed by atoms with E-state index >= 15 is 0 Å². The lowest BCUT2D eigenvalue weighted by Crippen LogP contribution is -2.09. The summed E-state index contributed by atoms with van der Waals surface area (Å²) >= 11 is 1.78. The lowest BCUT2D eigenvalue weighted by molar-refractivity contribution is 0.414. The van der Waals surface area contributed by atoms with Gasteiger partial charge < -0.3 is 10.1 Å². The first-order valence-corrected chi connectivity index (χ1v) is 8.06. The van der Waals surface area contributed by atoms with Gasteiger partial charge in [-0.25, -0.2) is 0 Å². The summed E-state index contributed by atoms with van der Waals surface area (Å²) in [6, 6.07) is 17.3. The first kappa shape index (κ1) is 14.0. The Labute approximate surface area is 129 Å². The van der Waals surface area contributed by atoms with Gasteiger partial charge in [0, 0.05) is 10.4 Å². The molecule has 1 N–H and O–H groups in total. The van der Waals surface area contributed by atoms with Gasteiger partial charge in [0.1, 0.15) is 5.75 Å². The lowest BCUT2D eigenvalue weighted by atomic mass is 10.0. The molecule has 3 rings (SSSR count). The van der Waals surface area contributed by atoms with Crippen molar-refractivity contribution in [3.8, 4) is 5.75 Å². The fraction of sp³-hybridized carbons (Fsp3) is 0.222. The molecular weight excluding hydrogens is 278 g/mol. The van der Waals surface area contributed by atoms with Crippen LogP contribution in [0.5, 0.6) is 5.75 Å². The summed E-state index contributed by atoms with van der Waals surface area (Å²) in [5.41, 5.74) is 2.45. The zero-order valence-corrected chi connectivity index (χ0v) is 13.1. The van der Waals surface area contributed by atoms with Gasteiger partial charge in [-0.1, -0.05) is 19.1 Å². The highest BCUT2D eigenvalue weighted by molar-refractivity contribution is 7.17. The monoisotopic (exact) mass is 297 g/mol. The number of hydrogen-bond donors (Lipinski definition) is 1. The third-order valence-electron chi connectivity index (χ3n) is 3.72. The SMILES string of the molecule is CCC(Nc1ccc2sccc2c1)c1ccc(OC)cc1. The molecule has 1 unspecified atom stereocenters. The van der Waals surface area contributed by atoms with Crippen molar-refractivity contribution in [2.75, 3.05) is 12.4 Å². The Balaban J connectivity index is 1.82. The Morgan fingerprint density at radius 2 is 1.90 bits per heavy atom. The Morgan fingerprint density at radius 3 is 2.62 bits per heavy atom. The van der Waals surface area contributed by atoms with E-state index in [0.29, 0.717) is 6.04 Å². The second-order valence-corrected chi connectivity index (χ2v) is 6.00. The molecule has 2 aromatic carbocycles. The highest BCUT2D eigenvalue weighted by atomic mass is 32.1. The van der Waals surface area contributed by atoms with Gasteiger partial charge in [0.05, 0.1) is 13.2 Å². The van der Waals surface area contributed by atoms with Crippen molar-refractivity contribution in [3.05, 3.63) is 59.5 Å². The van der Waals surface area contributed by atoms with Crippen LogP contribution in [-0.2, 0) is 0 Å². The summed E-state index contributed by atoms with van der Waals surface area (Å²) in [7, 11) is 1.70. The second kappa shape index (κ2) is 6.19. The minimum absolute atomic E-state index is 0.312. The van der Waals surface area contributed by atoms with Crippen LogP contribution < -0.4 is 10.1 Å². The normalized spacial score (nSPS) is 12.3. The molecule has 0 bridgehead atoms. The van der Waals surface area contributed by atoms with E-state index in [1.807, 2.05) is 12.1 Å². The zero-order chi connectivity index (χ0) is 14.7. The van der Waals surface area contributed by atoms with Crippen LogP contribution in [0.4, 0.5) is 5.69 Å². The summed E-state index contributed by atoms with van der Waals surface area (Å²) in [4.78, 5) is 0. The molecule has 0 aliphatic carbocycles. The molecule has 1 heterocycles. The maximum absolute atomic E-state index is 5.22. The minimum Gasteiger partial charge on any atom is -0.497 e. The van der Waals surface area contributed by atoms with Gasteiger partial charge in [-0.05, 0) is 59.1 Å². The second-order valence-electron chi connectivity index (χ2n) is 5.05. The molecule has 0 saturated carbocycles. The summed E-state index contributed by atoms with van der Waals surface area (Å²) in [5.74, 6) is 0.897. The number of anilines is 1. The Hall–Kier alpha value is -2.00. The number of benzene rings is 2. The number of hydrogen-bond acceptors (Lipinski definition) is 3. The van der Waals surface area contributed by atoms with E-state index in [-0.39, 0.29) is 0 Å². The molecule has 1 aromatic heterocycles. The van der Waals surface area contributed by atoms with Crippen molar-refractivity contribution in [1.82, 2.24) is 0 Å². The number of nitrogens with one attached hydrogen (secondary N) is 1. The number of thiophene rings is 1. The van der Waals surface area contributed by atoms with Gasteiger partial charge in [-0.3, -0.25) is 0 Å². The van der Waals surface area contributed by atoms with Crippen molar-refractivity contribution < 1.29 is 4.74 Å². The average Bonchev–Trinajstić information content (AvgIpc) is 3.00. The summed E-state index contributed by atoms with van der Waals surface area (Å²) in [6.07, 6.45) is 1.04. The largest absolute Gasteiger partial charge is 0.497 e. The highest BCUT2D eigenvalue weighted by Crippen LogP contribution is 2.28. The first-order chi connectivity index (χ1) is 10.3. The molecule has 21 heavy (non-hydrogen) atoms. The van der Waals surface area contributed by atoms with E-state index in [1.54, 1.807) is 18.4 Å². The molecule has 1 atom stereocenters. The molecular formula is C18H19NOS. The fourth-order valence-corrected chi connectivity index (χ4v) is 3.29. The molecule has 0 aliphatic heterocycles. The van der Waals surface area contributed by atoms with Crippen molar-refractivity contribution >= 4 is 27.1 Å². The van der Waals surface area contributed by atoms with Crippen molar-refractivity contribution in [1.29, 1.82) is 0 Å². The molecule has 2 nitrogen and oxygen atoms in total. The number of rotatable bonds is 5. The van der Waals surface area contributed by atoms with Crippen LogP contribution in [0.2, 0.25) is 0 Å². The predicted molar refractivity (Wildman–Crippen MR) is 91.5 cm³/mol. The van der Waals surface area contributed by atoms with Crippen LogP contribution >= 0.6 is 11.3 Å². The minimum atomic E-state index is 0.312. The fourth-order valence-electron chi connectivity index (χ4n) is 2.51. The summed E-state index contributed by atoms with van der Waals surface area (Å²) < 4.78 is 6.55. The van der Waals surface area contributed by atoms with Crippen LogP contribution in [0.15, 0.2) is 53.9 Å². The van der Waals surface area contributed by atoms with Crippen LogP contribution in [-0.4, -0.2) is 7.11 Å². The molecule has 108 valence electrons. The summed E-state index contributed by atoms with van der Waals surface area (Å²) in [5, 5.41) is 7.06. The molecule has 3 heteroatoms. The van der Waals surface area contributed by atoms with E-state index in [0.717, 1.165) is 12.2 Å². The van der Waals surface area contributed by atoms with E-state index in [4.69, 9.17) is 4.74 Å². The van der Waals surface area contributed by atoms with Crippen LogP contribution in [0.3, 0.4) is 0 Å². The molecule has 0 radical (unpaired) electrons. The lowest BCUT2D eigenvalue weighted by Gasteiger charge is -2.19. The van der Waals surface area contributed by atoms with Crippen molar-refractivity contribution in [2.24, 2.45) is 0 Å². The van der Waals surface area contributed by atoms with Crippen LogP contribution in [0.25, 0.3) is 10.1 Å². The summed E-state index contributed by atoms with van der Waals surface area (Å²) in [6.45, 7) is 2.20. The van der Waals surface area contributed by atoms with Crippen LogP contribution in [0, 0.1) is 0 Å². The zero-order valence-electron chi connectivity index (χ0n) is 12.3. The third-order valence-corrected chi connectivity index (χ3v) is 4.62. The molecule has 0 saturated heterocycles. The Morgan fingerprint density at radius 1 is 1.10 bits per heavy atom. The number of methoxy groups -OCH3 is 1. The standard InChI is InChI=1S/C18H19NOS/c1-3-17(13-4-7-16(20-2)8-5-13)19-15-6-9-18-14(12-15)10-11-21-18/h4-12,17,19H,3H2,1-2H3. The van der Waals surface area contributed by atoms with Crippen molar-refractivity contribution in [2.45, 2.75) is 19.4 Å². The first-order valence-electron chi connectivity index (χ1n) is 7.18. The van der Waals surface area contributed by atoms with Gasteiger partial charge in [0.15, 0.2) is 0 Å². The smallest absolute Gasteiger partial charge is 0.118 e. The topological polar surface area (TPSA) is 21.3 Å². The molecule has 0 aliphatic rings. The molecule has 0 amide bonds. The highest BCUT2D eigenvalue weighted by Gasteiger charge is 2.09.